The van der Waals surface area contributed by atoms with Crippen molar-refractivity contribution in [2.24, 2.45) is 0 Å². The summed E-state index contributed by atoms with van der Waals surface area (Å²) in [5, 5.41) is 8.82. The van der Waals surface area contributed by atoms with Crippen LogP contribution in [0, 0.1) is 0 Å². The number of rotatable bonds is 16. The highest BCUT2D eigenvalue weighted by Gasteiger charge is 2.34. The van der Waals surface area contributed by atoms with Gasteiger partial charge in [0.25, 0.3) is 0 Å². The molecule has 0 aromatic heterocycles. The number of hydrogen-bond donors (Lipinski definition) is 3. The Morgan fingerprint density at radius 3 is 1.93 bits per heavy atom. The molecule has 0 saturated carbocycles. The summed E-state index contributed by atoms with van der Waals surface area (Å²) in [4.78, 5) is 67.9. The van der Waals surface area contributed by atoms with E-state index in [1.807, 2.05) is 91.0 Å². The van der Waals surface area contributed by atoms with Crippen LogP contribution >= 0.6 is 0 Å². The van der Waals surface area contributed by atoms with Crippen LogP contribution in [0.2, 0.25) is 0 Å². The second-order valence-electron chi connectivity index (χ2n) is 14.9. The molecule has 5 rings (SSSR count). The third-order valence-corrected chi connectivity index (χ3v) is 9.64. The van der Waals surface area contributed by atoms with E-state index in [2.05, 4.69) is 16.0 Å². The first-order chi connectivity index (χ1) is 26.5. The number of fused-ring (bicyclic) bond motifs is 1. The zero-order valence-corrected chi connectivity index (χ0v) is 32.0. The summed E-state index contributed by atoms with van der Waals surface area (Å²) in [6.45, 7) is 6.22. The molecular formula is C45H52N4O6. The zero-order chi connectivity index (χ0) is 39.2. The summed E-state index contributed by atoms with van der Waals surface area (Å²) in [5.74, 6) is -1.06. The standard InChI is InChI=1S/C45H52N4O6/c1-45(2,3)55-44(54)48-38(42(52)47-30-37(32-17-7-4-8-18-32)33-19-9-5-10-20-33)25-15-16-28-46-43(53)39-29-35-23-13-14-24-36(35)31-49(39)41(51)27-26-40(50)34-21-11-6-12-22-34/h4-14,17-24,37-39H,15-16,25-31H2,1-3H3,(H,46,53)(H,47,52)(H,48,54). The number of unbranched alkanes of at least 4 members (excludes halogenated alkanes) is 1. The second kappa shape index (κ2) is 19.5. The van der Waals surface area contributed by atoms with Crippen molar-refractivity contribution in [3.63, 3.8) is 0 Å². The van der Waals surface area contributed by atoms with Gasteiger partial charge in [0.05, 0.1) is 0 Å². The first-order valence-electron chi connectivity index (χ1n) is 19.1. The summed E-state index contributed by atoms with van der Waals surface area (Å²) < 4.78 is 5.48. The van der Waals surface area contributed by atoms with Crippen LogP contribution in [-0.4, -0.2) is 65.3 Å². The van der Waals surface area contributed by atoms with Crippen LogP contribution in [0.4, 0.5) is 4.79 Å². The van der Waals surface area contributed by atoms with Crippen LogP contribution in [0.1, 0.15) is 91.4 Å². The molecule has 0 aliphatic carbocycles. The molecule has 4 aromatic carbocycles. The van der Waals surface area contributed by atoms with Crippen molar-refractivity contribution >= 4 is 29.6 Å². The number of nitrogens with one attached hydrogen (secondary N) is 3. The predicted molar refractivity (Wildman–Crippen MR) is 212 cm³/mol. The van der Waals surface area contributed by atoms with Gasteiger partial charge in [-0.25, -0.2) is 4.79 Å². The highest BCUT2D eigenvalue weighted by Crippen LogP contribution is 2.26. The topological polar surface area (TPSA) is 134 Å². The summed E-state index contributed by atoms with van der Waals surface area (Å²) in [7, 11) is 0. The van der Waals surface area contributed by atoms with Crippen molar-refractivity contribution < 1.29 is 28.7 Å². The molecule has 0 fully saturated rings. The monoisotopic (exact) mass is 744 g/mol. The molecule has 10 nitrogen and oxygen atoms in total. The molecule has 4 aromatic rings. The van der Waals surface area contributed by atoms with Crippen molar-refractivity contribution in [1.29, 1.82) is 0 Å². The van der Waals surface area contributed by atoms with Gasteiger partial charge in [-0.15, -0.1) is 0 Å². The molecule has 0 bridgehead atoms. The van der Waals surface area contributed by atoms with Gasteiger partial charge >= 0.3 is 6.09 Å². The lowest BCUT2D eigenvalue weighted by Gasteiger charge is -2.36. The number of ether oxygens (including phenoxy) is 1. The van der Waals surface area contributed by atoms with Gasteiger partial charge in [0, 0.05) is 50.4 Å². The van der Waals surface area contributed by atoms with Crippen LogP contribution in [0.5, 0.6) is 0 Å². The molecule has 2 unspecified atom stereocenters. The van der Waals surface area contributed by atoms with Crippen molar-refractivity contribution in [2.75, 3.05) is 13.1 Å². The smallest absolute Gasteiger partial charge is 0.408 e. The number of hydrogen-bond acceptors (Lipinski definition) is 6. The lowest BCUT2D eigenvalue weighted by Crippen LogP contribution is -2.52. The third-order valence-electron chi connectivity index (χ3n) is 9.64. The molecule has 0 saturated heterocycles. The summed E-state index contributed by atoms with van der Waals surface area (Å²) in [6.07, 6.45) is 1.12. The molecule has 0 radical (unpaired) electrons. The zero-order valence-electron chi connectivity index (χ0n) is 32.0. The lowest BCUT2D eigenvalue weighted by molar-refractivity contribution is -0.141. The van der Waals surface area contributed by atoms with Gasteiger partial charge in [-0.3, -0.25) is 19.2 Å². The van der Waals surface area contributed by atoms with E-state index in [1.165, 1.54) is 0 Å². The highest BCUT2D eigenvalue weighted by molar-refractivity contribution is 5.98. The molecule has 0 spiro atoms. The molecule has 288 valence electrons. The summed E-state index contributed by atoms with van der Waals surface area (Å²) >= 11 is 0. The number of nitrogens with zero attached hydrogens (tertiary/aromatic N) is 1. The van der Waals surface area contributed by atoms with Gasteiger partial charge in [-0.1, -0.05) is 115 Å². The molecule has 10 heteroatoms. The maximum Gasteiger partial charge on any atom is 0.408 e. The fourth-order valence-electron chi connectivity index (χ4n) is 6.80. The van der Waals surface area contributed by atoms with Crippen LogP contribution < -0.4 is 16.0 Å². The van der Waals surface area contributed by atoms with Crippen LogP contribution in [-0.2, 0) is 32.1 Å². The molecule has 4 amide bonds. The SMILES string of the molecule is CC(C)(C)OC(=O)NC(CCCCNC(=O)C1Cc2ccccc2CN1C(=O)CCC(=O)c1ccccc1)C(=O)NCC(c1ccccc1)c1ccccc1. The number of alkyl carbamates (subject to hydrolysis) is 1. The molecule has 1 heterocycles. The van der Waals surface area contributed by atoms with Gasteiger partial charge in [0.2, 0.25) is 17.7 Å². The van der Waals surface area contributed by atoms with Crippen LogP contribution in [0.25, 0.3) is 0 Å². The van der Waals surface area contributed by atoms with Gasteiger partial charge in [0.15, 0.2) is 5.78 Å². The fourth-order valence-corrected chi connectivity index (χ4v) is 6.80. The van der Waals surface area contributed by atoms with E-state index >= 15 is 0 Å². The number of carbonyl (C=O) groups is 5. The average molecular weight is 745 g/mol. The van der Waals surface area contributed by atoms with E-state index in [-0.39, 0.29) is 48.8 Å². The van der Waals surface area contributed by atoms with Crippen molar-refractivity contribution in [3.8, 4) is 0 Å². The Morgan fingerprint density at radius 2 is 1.31 bits per heavy atom. The molecular weight excluding hydrogens is 693 g/mol. The van der Waals surface area contributed by atoms with Gasteiger partial charge < -0.3 is 25.6 Å². The largest absolute Gasteiger partial charge is 0.444 e. The lowest BCUT2D eigenvalue weighted by atomic mass is 9.91. The maximum atomic E-state index is 13.7. The van der Waals surface area contributed by atoms with E-state index in [0.717, 1.165) is 22.3 Å². The van der Waals surface area contributed by atoms with Gasteiger partial charge in [0.1, 0.15) is 17.7 Å². The Labute approximate surface area is 324 Å². The normalized spacial score (nSPS) is 14.3. The predicted octanol–water partition coefficient (Wildman–Crippen LogP) is 6.73. The Kier molecular flexibility index (Phi) is 14.3. The molecule has 55 heavy (non-hydrogen) atoms. The minimum Gasteiger partial charge on any atom is -0.444 e. The number of amides is 4. The minimum atomic E-state index is -0.862. The van der Waals surface area contributed by atoms with Crippen LogP contribution in [0.3, 0.4) is 0 Å². The minimum absolute atomic E-state index is 0.00518. The van der Waals surface area contributed by atoms with Crippen molar-refractivity contribution in [3.05, 3.63) is 143 Å². The molecule has 2 atom stereocenters. The summed E-state index contributed by atoms with van der Waals surface area (Å²) in [6, 6.07) is 35.0. The van der Waals surface area contributed by atoms with Gasteiger partial charge in [-0.2, -0.15) is 0 Å². The van der Waals surface area contributed by atoms with E-state index in [4.69, 9.17) is 4.74 Å². The average Bonchev–Trinajstić information content (AvgIpc) is 3.19. The number of ketones is 1. The van der Waals surface area contributed by atoms with Crippen molar-refractivity contribution in [1.82, 2.24) is 20.9 Å². The number of benzene rings is 4. The number of carbonyl (C=O) groups excluding carboxylic acids is 5. The van der Waals surface area contributed by atoms with E-state index in [0.29, 0.717) is 44.3 Å². The molecule has 1 aliphatic rings. The van der Waals surface area contributed by atoms with E-state index in [1.54, 1.807) is 49.9 Å². The Bertz CT molecular complexity index is 1860. The van der Waals surface area contributed by atoms with Crippen molar-refractivity contribution in [2.45, 2.75) is 89.4 Å². The van der Waals surface area contributed by atoms with Crippen LogP contribution in [0.15, 0.2) is 115 Å². The molecule has 1 aliphatic heterocycles. The fraction of sp³-hybridized carbons (Fsp3) is 0.356. The first kappa shape index (κ1) is 40.4. The Balaban J connectivity index is 1.18. The van der Waals surface area contributed by atoms with E-state index in [9.17, 15) is 24.0 Å². The Hall–Kier alpha value is -5.77. The highest BCUT2D eigenvalue weighted by atomic mass is 16.6. The first-order valence-corrected chi connectivity index (χ1v) is 19.1. The van der Waals surface area contributed by atoms with Gasteiger partial charge in [-0.05, 0) is 62.3 Å². The van der Waals surface area contributed by atoms with E-state index < -0.39 is 23.8 Å². The molecule has 3 N–H and O–H groups in total. The Morgan fingerprint density at radius 1 is 0.727 bits per heavy atom. The number of Topliss-reactive ketones (excluding diaryl/α,β-unsaturated/α-hetero) is 1. The second-order valence-corrected chi connectivity index (χ2v) is 14.9. The summed E-state index contributed by atoms with van der Waals surface area (Å²) in [5.41, 5.74) is 3.92. The quantitative estimate of drug-likeness (QED) is 0.0861. The maximum absolute atomic E-state index is 13.7. The third kappa shape index (κ3) is 12.1.